The number of methoxy groups -OCH3 is 1. The topological polar surface area (TPSA) is 104 Å². The number of ketones is 1. The highest BCUT2D eigenvalue weighted by molar-refractivity contribution is 6.00. The van der Waals surface area contributed by atoms with Crippen LogP contribution in [0.15, 0.2) is 48.5 Å². The minimum absolute atomic E-state index is 0.0389. The van der Waals surface area contributed by atoms with E-state index in [0.717, 1.165) is 48.8 Å². The number of nitrogens with zero attached hydrogens (tertiary/aromatic N) is 3. The number of Topliss-reactive ketones (excluding diaryl/α,β-unsaturated/α-hetero) is 1. The molecule has 3 aromatic rings. The summed E-state index contributed by atoms with van der Waals surface area (Å²) < 4.78 is 12.4. The monoisotopic (exact) mass is 505 g/mol. The second-order valence-electron chi connectivity index (χ2n) is 9.47. The number of hydrogen-bond acceptors (Lipinski definition) is 7. The number of rotatable bonds is 8. The van der Waals surface area contributed by atoms with Crippen LogP contribution in [0.1, 0.15) is 51.9 Å². The van der Waals surface area contributed by atoms with Crippen LogP contribution in [0.25, 0.3) is 5.69 Å². The molecule has 2 aromatic carbocycles. The van der Waals surface area contributed by atoms with Gasteiger partial charge in [0.25, 0.3) is 5.69 Å². The van der Waals surface area contributed by atoms with Gasteiger partial charge in [-0.15, -0.1) is 0 Å². The lowest BCUT2D eigenvalue weighted by Gasteiger charge is -2.32. The summed E-state index contributed by atoms with van der Waals surface area (Å²) >= 11 is 0. The Balaban J connectivity index is 1.48. The molecule has 0 bridgehead atoms. The van der Waals surface area contributed by atoms with Gasteiger partial charge in [-0.1, -0.05) is 6.92 Å². The van der Waals surface area contributed by atoms with Crippen LogP contribution in [0, 0.1) is 29.9 Å². The van der Waals surface area contributed by atoms with Gasteiger partial charge in [-0.2, -0.15) is 0 Å². The van der Waals surface area contributed by atoms with E-state index in [2.05, 4.69) is 6.92 Å². The molecule has 1 aliphatic heterocycles. The smallest absolute Gasteiger partial charge is 0.338 e. The fraction of sp³-hybridized carbons (Fsp3) is 0.357. The molecule has 37 heavy (non-hydrogen) atoms. The van der Waals surface area contributed by atoms with Crippen LogP contribution in [-0.4, -0.2) is 48.0 Å². The van der Waals surface area contributed by atoms with Gasteiger partial charge in [0.05, 0.1) is 17.6 Å². The fourth-order valence-electron chi connectivity index (χ4n) is 4.94. The summed E-state index contributed by atoms with van der Waals surface area (Å²) in [6, 6.07) is 13.6. The quantitative estimate of drug-likeness (QED) is 0.177. The Kier molecular flexibility index (Phi) is 7.61. The first-order chi connectivity index (χ1) is 17.7. The first kappa shape index (κ1) is 25.9. The molecule has 0 radical (unpaired) electrons. The summed E-state index contributed by atoms with van der Waals surface area (Å²) in [6.45, 7) is 6.84. The van der Waals surface area contributed by atoms with E-state index in [9.17, 15) is 19.7 Å². The largest absolute Gasteiger partial charge is 0.497 e. The van der Waals surface area contributed by atoms with E-state index in [-0.39, 0.29) is 17.0 Å². The van der Waals surface area contributed by atoms with E-state index in [1.165, 1.54) is 12.1 Å². The van der Waals surface area contributed by atoms with E-state index in [1.54, 1.807) is 19.2 Å². The van der Waals surface area contributed by atoms with Crippen molar-refractivity contribution in [2.24, 2.45) is 5.92 Å². The summed E-state index contributed by atoms with van der Waals surface area (Å²) in [5.74, 6) is 0.0393. The average Bonchev–Trinajstić information content (AvgIpc) is 3.20. The van der Waals surface area contributed by atoms with Gasteiger partial charge in [-0.05, 0) is 75.1 Å². The van der Waals surface area contributed by atoms with Gasteiger partial charge >= 0.3 is 5.97 Å². The lowest BCUT2D eigenvalue weighted by molar-refractivity contribution is -0.384. The van der Waals surface area contributed by atoms with Crippen LogP contribution >= 0.6 is 0 Å². The molecular formula is C28H31N3O6. The number of aryl methyl sites for hydroxylation is 1. The van der Waals surface area contributed by atoms with Crippen molar-refractivity contribution in [3.05, 3.63) is 81.2 Å². The number of nitro benzene ring substituents is 1. The lowest BCUT2D eigenvalue weighted by Crippen LogP contribution is -2.34. The number of hydrogen-bond donors (Lipinski definition) is 0. The van der Waals surface area contributed by atoms with Crippen LogP contribution in [0.4, 0.5) is 11.4 Å². The Morgan fingerprint density at radius 1 is 1.11 bits per heavy atom. The molecule has 194 valence electrons. The second-order valence-corrected chi connectivity index (χ2v) is 9.47. The molecule has 2 heterocycles. The van der Waals surface area contributed by atoms with Gasteiger partial charge in [0.1, 0.15) is 11.4 Å². The van der Waals surface area contributed by atoms with Gasteiger partial charge in [0.2, 0.25) is 5.78 Å². The van der Waals surface area contributed by atoms with E-state index in [1.807, 2.05) is 47.6 Å². The maximum Gasteiger partial charge on any atom is 0.338 e. The standard InChI is InChI=1S/C28H31N3O6/c1-18-6-5-13-29(16-18)25-12-7-21(15-26(25)31(34)35)28(33)37-17-27(32)24-14-19(2)30(20(24)3)22-8-10-23(36-4)11-9-22/h7-12,14-15,18H,5-6,13,16-17H2,1-4H3. The number of aromatic nitrogens is 1. The summed E-state index contributed by atoms with van der Waals surface area (Å²) in [4.78, 5) is 38.9. The number of anilines is 1. The van der Waals surface area contributed by atoms with Crippen molar-refractivity contribution >= 4 is 23.1 Å². The second kappa shape index (κ2) is 10.9. The molecule has 0 N–H and O–H groups in total. The third-order valence-corrected chi connectivity index (χ3v) is 6.80. The summed E-state index contributed by atoms with van der Waals surface area (Å²) in [7, 11) is 1.60. The fourth-order valence-corrected chi connectivity index (χ4v) is 4.94. The van der Waals surface area contributed by atoms with Crippen LogP contribution in [0.2, 0.25) is 0 Å². The Morgan fingerprint density at radius 3 is 2.49 bits per heavy atom. The van der Waals surface area contributed by atoms with Crippen molar-refractivity contribution < 1.29 is 24.0 Å². The highest BCUT2D eigenvalue weighted by Crippen LogP contribution is 2.32. The average molecular weight is 506 g/mol. The number of carbonyl (C=O) groups excluding carboxylic acids is 2. The van der Waals surface area contributed by atoms with Crippen molar-refractivity contribution in [3.8, 4) is 11.4 Å². The van der Waals surface area contributed by atoms with Crippen molar-refractivity contribution in [2.75, 3.05) is 31.7 Å². The molecule has 0 saturated carbocycles. The zero-order valence-electron chi connectivity index (χ0n) is 21.5. The SMILES string of the molecule is COc1ccc(-n2c(C)cc(C(=O)COC(=O)c3ccc(N4CCCC(C)C4)c([N+](=O)[O-])c3)c2C)cc1. The van der Waals surface area contributed by atoms with Crippen molar-refractivity contribution in [3.63, 3.8) is 0 Å². The van der Waals surface area contributed by atoms with Crippen LogP contribution < -0.4 is 9.64 Å². The third kappa shape index (κ3) is 5.50. The molecule has 1 atom stereocenters. The Bertz CT molecular complexity index is 1330. The molecular weight excluding hydrogens is 474 g/mol. The number of carbonyl (C=O) groups is 2. The molecule has 4 rings (SSSR count). The maximum absolute atomic E-state index is 12.9. The summed E-state index contributed by atoms with van der Waals surface area (Å²) in [5.41, 5.74) is 3.30. The maximum atomic E-state index is 12.9. The van der Waals surface area contributed by atoms with Gasteiger partial charge in [0, 0.05) is 41.8 Å². The number of esters is 1. The first-order valence-corrected chi connectivity index (χ1v) is 12.3. The highest BCUT2D eigenvalue weighted by Gasteiger charge is 2.26. The zero-order valence-corrected chi connectivity index (χ0v) is 21.5. The molecule has 1 aromatic heterocycles. The van der Waals surface area contributed by atoms with Gasteiger partial charge in [-0.3, -0.25) is 14.9 Å². The number of ether oxygens (including phenoxy) is 2. The molecule has 0 aliphatic carbocycles. The summed E-state index contributed by atoms with van der Waals surface area (Å²) in [6.07, 6.45) is 2.05. The predicted molar refractivity (Wildman–Crippen MR) is 140 cm³/mol. The van der Waals surface area contributed by atoms with E-state index >= 15 is 0 Å². The van der Waals surface area contributed by atoms with Crippen molar-refractivity contribution in [1.82, 2.24) is 4.57 Å². The Hall–Kier alpha value is -4.14. The molecule has 0 amide bonds. The first-order valence-electron chi connectivity index (χ1n) is 12.3. The van der Waals surface area contributed by atoms with Gasteiger partial charge < -0.3 is 18.9 Å². The predicted octanol–water partition coefficient (Wildman–Crippen LogP) is 5.29. The minimum atomic E-state index is -0.779. The Morgan fingerprint density at radius 2 is 1.84 bits per heavy atom. The molecule has 1 saturated heterocycles. The molecule has 9 heteroatoms. The van der Waals surface area contributed by atoms with Crippen LogP contribution in [-0.2, 0) is 4.74 Å². The van der Waals surface area contributed by atoms with Crippen LogP contribution in [0.3, 0.4) is 0 Å². The van der Waals surface area contributed by atoms with Gasteiger partial charge in [-0.25, -0.2) is 4.79 Å². The van der Waals surface area contributed by atoms with Crippen molar-refractivity contribution in [2.45, 2.75) is 33.6 Å². The minimum Gasteiger partial charge on any atom is -0.497 e. The lowest BCUT2D eigenvalue weighted by atomic mass is 9.99. The van der Waals surface area contributed by atoms with E-state index < -0.39 is 17.5 Å². The number of benzene rings is 2. The summed E-state index contributed by atoms with van der Waals surface area (Å²) in [5, 5.41) is 11.8. The van der Waals surface area contributed by atoms with E-state index in [0.29, 0.717) is 17.2 Å². The van der Waals surface area contributed by atoms with Gasteiger partial charge in [0.15, 0.2) is 6.61 Å². The number of nitro groups is 1. The molecule has 0 spiro atoms. The number of piperidine rings is 1. The third-order valence-electron chi connectivity index (χ3n) is 6.80. The van der Waals surface area contributed by atoms with Crippen molar-refractivity contribution in [1.29, 1.82) is 0 Å². The zero-order chi connectivity index (χ0) is 26.7. The Labute approximate surface area is 215 Å². The molecule has 9 nitrogen and oxygen atoms in total. The molecule has 1 unspecified atom stereocenters. The highest BCUT2D eigenvalue weighted by atomic mass is 16.6. The molecule has 1 aliphatic rings. The van der Waals surface area contributed by atoms with Crippen LogP contribution in [0.5, 0.6) is 5.75 Å². The molecule has 1 fully saturated rings. The van der Waals surface area contributed by atoms with E-state index in [4.69, 9.17) is 9.47 Å². The normalized spacial score (nSPS) is 15.4.